The lowest BCUT2D eigenvalue weighted by atomic mass is 10.5. The SMILES string of the molecule is CC(SCCO)C(=O)OCCC[SiH3]. The number of carbonyl (C=O) groups excluding carboxylic acids is 1. The second-order valence-electron chi connectivity index (χ2n) is 2.76. The summed E-state index contributed by atoms with van der Waals surface area (Å²) in [5.74, 6) is 0.435. The van der Waals surface area contributed by atoms with Gasteiger partial charge in [0.2, 0.25) is 0 Å². The highest BCUT2D eigenvalue weighted by molar-refractivity contribution is 8.00. The fourth-order valence-electron chi connectivity index (χ4n) is 0.732. The summed E-state index contributed by atoms with van der Waals surface area (Å²) in [6, 6.07) is 1.17. The Morgan fingerprint density at radius 3 is 2.92 bits per heavy atom. The van der Waals surface area contributed by atoms with Crippen molar-refractivity contribution in [2.75, 3.05) is 19.0 Å². The van der Waals surface area contributed by atoms with Crippen molar-refractivity contribution in [2.45, 2.75) is 24.6 Å². The lowest BCUT2D eigenvalue weighted by Crippen LogP contribution is -2.18. The molecule has 3 nitrogen and oxygen atoms in total. The molecule has 0 aliphatic heterocycles. The number of hydrogen-bond donors (Lipinski definition) is 1. The number of esters is 1. The summed E-state index contributed by atoms with van der Waals surface area (Å²) in [6.45, 7) is 2.47. The van der Waals surface area contributed by atoms with Gasteiger partial charge in [-0.15, -0.1) is 11.8 Å². The quantitative estimate of drug-likeness (QED) is 0.369. The van der Waals surface area contributed by atoms with E-state index in [1.54, 1.807) is 0 Å². The summed E-state index contributed by atoms with van der Waals surface area (Å²) >= 11 is 1.43. The predicted molar refractivity (Wildman–Crippen MR) is 59.3 cm³/mol. The van der Waals surface area contributed by atoms with E-state index in [1.807, 2.05) is 6.92 Å². The molecule has 13 heavy (non-hydrogen) atoms. The lowest BCUT2D eigenvalue weighted by Gasteiger charge is -2.09. The standard InChI is InChI=1S/C8H18O3SSi/c1-7(12-5-3-9)8(10)11-4-2-6-13/h7,9H,2-6H2,1,13H3. The highest BCUT2D eigenvalue weighted by atomic mass is 32.2. The van der Waals surface area contributed by atoms with E-state index in [4.69, 9.17) is 9.84 Å². The van der Waals surface area contributed by atoms with Crippen LogP contribution in [0.4, 0.5) is 0 Å². The summed E-state index contributed by atoms with van der Waals surface area (Å²) in [4.78, 5) is 11.2. The average molecular weight is 222 g/mol. The van der Waals surface area contributed by atoms with E-state index in [2.05, 4.69) is 0 Å². The summed E-state index contributed by atoms with van der Waals surface area (Å²) < 4.78 is 5.02. The van der Waals surface area contributed by atoms with E-state index in [0.29, 0.717) is 12.4 Å². The van der Waals surface area contributed by atoms with Gasteiger partial charge in [0.15, 0.2) is 0 Å². The van der Waals surface area contributed by atoms with Crippen molar-refractivity contribution in [2.24, 2.45) is 0 Å². The Labute approximate surface area is 86.7 Å². The molecule has 1 unspecified atom stereocenters. The molecule has 0 amide bonds. The van der Waals surface area contributed by atoms with Crippen LogP contribution in [-0.2, 0) is 9.53 Å². The molecule has 0 saturated carbocycles. The highest BCUT2D eigenvalue weighted by Crippen LogP contribution is 2.11. The third kappa shape index (κ3) is 7.10. The van der Waals surface area contributed by atoms with Crippen molar-refractivity contribution in [1.82, 2.24) is 0 Å². The fourth-order valence-corrected chi connectivity index (χ4v) is 1.68. The van der Waals surface area contributed by atoms with Crippen LogP contribution in [0.5, 0.6) is 0 Å². The molecular formula is C8H18O3SSi. The molecule has 1 N–H and O–H groups in total. The number of thioether (sulfide) groups is 1. The monoisotopic (exact) mass is 222 g/mol. The van der Waals surface area contributed by atoms with Crippen molar-refractivity contribution in [3.8, 4) is 0 Å². The Morgan fingerprint density at radius 2 is 2.38 bits per heavy atom. The number of rotatable bonds is 7. The van der Waals surface area contributed by atoms with E-state index in [-0.39, 0.29) is 17.8 Å². The van der Waals surface area contributed by atoms with Crippen molar-refractivity contribution in [3.63, 3.8) is 0 Å². The Morgan fingerprint density at radius 1 is 1.69 bits per heavy atom. The van der Waals surface area contributed by atoms with Crippen LogP contribution < -0.4 is 0 Å². The molecule has 78 valence electrons. The van der Waals surface area contributed by atoms with Gasteiger partial charge in [0.1, 0.15) is 0 Å². The van der Waals surface area contributed by atoms with Gasteiger partial charge in [-0.3, -0.25) is 4.79 Å². The topological polar surface area (TPSA) is 46.5 Å². The van der Waals surface area contributed by atoms with Crippen LogP contribution in [0, 0.1) is 0 Å². The van der Waals surface area contributed by atoms with Gasteiger partial charge in [-0.2, -0.15) is 0 Å². The largest absolute Gasteiger partial charge is 0.465 e. The Kier molecular flexibility index (Phi) is 8.59. The van der Waals surface area contributed by atoms with Crippen molar-refractivity contribution >= 4 is 28.0 Å². The van der Waals surface area contributed by atoms with Gasteiger partial charge in [-0.05, 0) is 13.3 Å². The molecule has 0 bridgehead atoms. The minimum atomic E-state index is -0.159. The summed E-state index contributed by atoms with van der Waals surface area (Å²) in [6.07, 6.45) is 0.981. The van der Waals surface area contributed by atoms with Gasteiger partial charge >= 0.3 is 5.97 Å². The maximum absolute atomic E-state index is 11.2. The molecule has 1 atom stereocenters. The van der Waals surface area contributed by atoms with E-state index in [9.17, 15) is 4.79 Å². The minimum Gasteiger partial charge on any atom is -0.465 e. The van der Waals surface area contributed by atoms with Gasteiger partial charge in [0.25, 0.3) is 0 Å². The van der Waals surface area contributed by atoms with E-state index in [1.165, 1.54) is 28.0 Å². The average Bonchev–Trinajstić information content (AvgIpc) is 2.14. The summed E-state index contributed by atoms with van der Waals surface area (Å²) in [5.41, 5.74) is 0. The fraction of sp³-hybridized carbons (Fsp3) is 0.875. The van der Waals surface area contributed by atoms with Gasteiger partial charge in [0.05, 0.1) is 18.5 Å². The second kappa shape index (κ2) is 8.59. The molecule has 5 heteroatoms. The first kappa shape index (κ1) is 13.0. The molecule has 0 fully saturated rings. The molecule has 0 aromatic rings. The Balaban J connectivity index is 3.45. The molecule has 0 aromatic carbocycles. The van der Waals surface area contributed by atoms with Crippen LogP contribution in [-0.4, -0.2) is 45.5 Å². The van der Waals surface area contributed by atoms with Crippen LogP contribution in [0.25, 0.3) is 0 Å². The molecule has 0 spiro atoms. The minimum absolute atomic E-state index is 0.114. The number of carbonyl (C=O) groups is 1. The zero-order valence-electron chi connectivity index (χ0n) is 8.28. The molecule has 0 aromatic heterocycles. The smallest absolute Gasteiger partial charge is 0.318 e. The van der Waals surface area contributed by atoms with E-state index in [0.717, 1.165) is 6.42 Å². The van der Waals surface area contributed by atoms with Crippen LogP contribution in [0.3, 0.4) is 0 Å². The number of aliphatic hydroxyl groups excluding tert-OH is 1. The lowest BCUT2D eigenvalue weighted by molar-refractivity contribution is -0.142. The van der Waals surface area contributed by atoms with Gasteiger partial charge < -0.3 is 9.84 Å². The molecule has 0 aliphatic carbocycles. The normalized spacial score (nSPS) is 12.8. The third-order valence-corrected chi connectivity index (χ3v) is 3.35. The summed E-state index contributed by atoms with van der Waals surface area (Å²) in [7, 11) is 1.17. The Hall–Kier alpha value is -0.00312. The predicted octanol–water partition coefficient (Wildman–Crippen LogP) is -0.183. The second-order valence-corrected chi connectivity index (χ2v) is 5.21. The van der Waals surface area contributed by atoms with Gasteiger partial charge in [-0.1, -0.05) is 6.04 Å². The third-order valence-electron chi connectivity index (χ3n) is 1.53. The van der Waals surface area contributed by atoms with Crippen LogP contribution in [0.2, 0.25) is 6.04 Å². The highest BCUT2D eigenvalue weighted by Gasteiger charge is 2.13. The summed E-state index contributed by atoms with van der Waals surface area (Å²) in [5, 5.41) is 8.39. The molecular weight excluding hydrogens is 204 g/mol. The first-order valence-corrected chi connectivity index (χ1v) is 7.07. The van der Waals surface area contributed by atoms with Gasteiger partial charge in [0, 0.05) is 16.0 Å². The zero-order chi connectivity index (χ0) is 10.1. The molecule has 0 rings (SSSR count). The Bertz CT molecular complexity index is 143. The first-order chi connectivity index (χ1) is 6.22. The number of aliphatic hydroxyl groups is 1. The van der Waals surface area contributed by atoms with Crippen LogP contribution in [0.1, 0.15) is 13.3 Å². The van der Waals surface area contributed by atoms with Gasteiger partial charge in [-0.25, -0.2) is 0 Å². The molecule has 0 saturated heterocycles. The van der Waals surface area contributed by atoms with Crippen LogP contribution >= 0.6 is 11.8 Å². The van der Waals surface area contributed by atoms with Crippen molar-refractivity contribution < 1.29 is 14.6 Å². The first-order valence-electron chi connectivity index (χ1n) is 4.61. The maximum atomic E-state index is 11.2. The number of ether oxygens (including phenoxy) is 1. The number of hydrogen-bond acceptors (Lipinski definition) is 4. The molecule has 0 heterocycles. The van der Waals surface area contributed by atoms with E-state index < -0.39 is 0 Å². The zero-order valence-corrected chi connectivity index (χ0v) is 11.1. The molecule has 0 radical (unpaired) electrons. The van der Waals surface area contributed by atoms with Crippen molar-refractivity contribution in [3.05, 3.63) is 0 Å². The molecule has 0 aliphatic rings. The van der Waals surface area contributed by atoms with Crippen LogP contribution in [0.15, 0.2) is 0 Å². The maximum Gasteiger partial charge on any atom is 0.318 e. The van der Waals surface area contributed by atoms with E-state index >= 15 is 0 Å². The van der Waals surface area contributed by atoms with Crippen molar-refractivity contribution in [1.29, 1.82) is 0 Å².